The number of nitrogens with one attached hydrogen (secondary N) is 1. The standard InChI is InChI=1S/C32H41FN4O5/c1-32(2,3)42-31(41)36-19-24(38)17-27(36)30(40)37(26-14-13-21(16-25(26)33)20-11-12-20)28(22-8-7-15-34-18-22)29(39)35-23-9-5-4-6-10-23/h7-8,13-16,18,20,23-24,27-28,38H,4-6,9-12,17,19H2,1-3H3,(H,35,39)/t24-,27-,28-/m1/s1. The van der Waals surface area contributed by atoms with Gasteiger partial charge in [0.05, 0.1) is 18.3 Å². The maximum atomic E-state index is 16.0. The highest BCUT2D eigenvalue weighted by molar-refractivity contribution is 6.05. The van der Waals surface area contributed by atoms with Crippen molar-refractivity contribution in [1.82, 2.24) is 15.2 Å². The molecule has 2 aromatic rings. The van der Waals surface area contributed by atoms with Crippen LogP contribution in [-0.2, 0) is 14.3 Å². The Hall–Kier alpha value is -3.53. The Morgan fingerprint density at radius 3 is 2.48 bits per heavy atom. The number of anilines is 1. The van der Waals surface area contributed by atoms with Gasteiger partial charge < -0.3 is 15.2 Å². The van der Waals surface area contributed by atoms with E-state index in [-0.39, 0.29) is 30.6 Å². The van der Waals surface area contributed by atoms with Crippen LogP contribution < -0.4 is 10.2 Å². The number of aliphatic hydroxyl groups is 1. The summed E-state index contributed by atoms with van der Waals surface area (Å²) in [6.45, 7) is 5.02. The van der Waals surface area contributed by atoms with Crippen LogP contribution in [0.1, 0.15) is 95.2 Å². The zero-order valence-corrected chi connectivity index (χ0v) is 24.6. The minimum atomic E-state index is -1.26. The summed E-state index contributed by atoms with van der Waals surface area (Å²) in [5, 5.41) is 13.7. The van der Waals surface area contributed by atoms with Crippen molar-refractivity contribution in [1.29, 1.82) is 0 Å². The molecule has 0 radical (unpaired) electrons. The Balaban J connectivity index is 1.57. The number of amides is 3. The van der Waals surface area contributed by atoms with Gasteiger partial charge in [0, 0.05) is 30.4 Å². The number of rotatable bonds is 7. The van der Waals surface area contributed by atoms with Gasteiger partial charge in [0.15, 0.2) is 0 Å². The third-order valence-corrected chi connectivity index (χ3v) is 8.17. The molecule has 1 aromatic heterocycles. The molecule has 5 rings (SSSR count). The molecule has 0 spiro atoms. The summed E-state index contributed by atoms with van der Waals surface area (Å²) in [6.07, 6.45) is 7.95. The van der Waals surface area contributed by atoms with Crippen molar-refractivity contribution in [2.45, 2.75) is 108 Å². The predicted octanol–water partition coefficient (Wildman–Crippen LogP) is 4.99. The van der Waals surface area contributed by atoms with Crippen LogP contribution in [0.5, 0.6) is 0 Å². The second-order valence-electron chi connectivity index (χ2n) is 12.8. The molecule has 0 unspecified atom stereocenters. The van der Waals surface area contributed by atoms with Gasteiger partial charge >= 0.3 is 6.09 Å². The van der Waals surface area contributed by atoms with E-state index >= 15 is 4.39 Å². The molecular weight excluding hydrogens is 539 g/mol. The van der Waals surface area contributed by atoms with Crippen LogP contribution in [0.3, 0.4) is 0 Å². The van der Waals surface area contributed by atoms with Crippen LogP contribution in [0.25, 0.3) is 0 Å². The number of carbonyl (C=O) groups is 3. The number of halogens is 1. The van der Waals surface area contributed by atoms with Crippen molar-refractivity contribution in [3.63, 3.8) is 0 Å². The van der Waals surface area contributed by atoms with Crippen LogP contribution in [0.4, 0.5) is 14.9 Å². The first-order valence-electron chi connectivity index (χ1n) is 15.0. The summed E-state index contributed by atoms with van der Waals surface area (Å²) in [5.74, 6) is -1.47. The number of pyridine rings is 1. The van der Waals surface area contributed by atoms with E-state index in [1.165, 1.54) is 17.2 Å². The highest BCUT2D eigenvalue weighted by Crippen LogP contribution is 2.42. The van der Waals surface area contributed by atoms with E-state index < -0.39 is 47.5 Å². The van der Waals surface area contributed by atoms with Crippen molar-refractivity contribution >= 4 is 23.6 Å². The fraction of sp³-hybridized carbons (Fsp3) is 0.562. The molecule has 226 valence electrons. The Morgan fingerprint density at radius 2 is 1.86 bits per heavy atom. The van der Waals surface area contributed by atoms with Crippen LogP contribution in [-0.4, -0.2) is 63.2 Å². The number of hydrogen-bond acceptors (Lipinski definition) is 6. The number of aromatic nitrogens is 1. The molecule has 10 heteroatoms. The molecule has 2 aliphatic carbocycles. The first-order chi connectivity index (χ1) is 20.0. The van der Waals surface area contributed by atoms with E-state index in [1.807, 2.05) is 0 Å². The van der Waals surface area contributed by atoms with Gasteiger partial charge in [0.1, 0.15) is 23.5 Å². The number of likely N-dealkylation sites (tertiary alicyclic amines) is 1. The smallest absolute Gasteiger partial charge is 0.411 e. The molecule has 3 atom stereocenters. The lowest BCUT2D eigenvalue weighted by Crippen LogP contribution is -2.53. The summed E-state index contributed by atoms with van der Waals surface area (Å²) in [5.41, 5.74) is 0.357. The summed E-state index contributed by atoms with van der Waals surface area (Å²) in [4.78, 5) is 48.4. The fourth-order valence-electron chi connectivity index (χ4n) is 5.99. The first-order valence-corrected chi connectivity index (χ1v) is 15.0. The quantitative estimate of drug-likeness (QED) is 0.477. The Labute approximate surface area is 246 Å². The molecule has 2 N–H and O–H groups in total. The lowest BCUT2D eigenvalue weighted by molar-refractivity contribution is -0.129. The maximum absolute atomic E-state index is 16.0. The average molecular weight is 581 g/mol. The fourth-order valence-corrected chi connectivity index (χ4v) is 5.99. The molecule has 3 aliphatic rings. The Kier molecular flexibility index (Phi) is 8.82. The number of aliphatic hydroxyl groups excluding tert-OH is 1. The SMILES string of the molecule is CC(C)(C)OC(=O)N1C[C@H](O)C[C@@H]1C(=O)N(c1ccc(C2CC2)cc1F)[C@@H](C(=O)NC1CCCCC1)c1cccnc1. The largest absolute Gasteiger partial charge is 0.444 e. The van der Waals surface area contributed by atoms with Crippen molar-refractivity contribution in [2.75, 3.05) is 11.4 Å². The van der Waals surface area contributed by atoms with E-state index in [2.05, 4.69) is 10.3 Å². The number of β-amino-alcohol motifs (C(OH)–C–C–N with tert-alkyl or cyclic N) is 1. The highest BCUT2D eigenvalue weighted by Gasteiger charge is 2.46. The van der Waals surface area contributed by atoms with Gasteiger partial charge in [-0.1, -0.05) is 31.4 Å². The summed E-state index contributed by atoms with van der Waals surface area (Å²) < 4.78 is 21.5. The number of nitrogens with zero attached hydrogens (tertiary/aromatic N) is 3. The topological polar surface area (TPSA) is 112 Å². The zero-order chi connectivity index (χ0) is 30.0. The van der Waals surface area contributed by atoms with Gasteiger partial charge in [-0.3, -0.25) is 24.4 Å². The Bertz CT molecular complexity index is 1290. The van der Waals surface area contributed by atoms with E-state index in [0.29, 0.717) is 5.56 Å². The summed E-state index contributed by atoms with van der Waals surface area (Å²) in [7, 11) is 0. The molecule has 1 aliphatic heterocycles. The average Bonchev–Trinajstić information content (AvgIpc) is 3.72. The van der Waals surface area contributed by atoms with Crippen LogP contribution in [0.15, 0.2) is 42.7 Å². The summed E-state index contributed by atoms with van der Waals surface area (Å²) in [6, 6.07) is 5.64. The van der Waals surface area contributed by atoms with E-state index in [1.54, 1.807) is 51.2 Å². The van der Waals surface area contributed by atoms with Gasteiger partial charge in [0.25, 0.3) is 5.91 Å². The van der Waals surface area contributed by atoms with Gasteiger partial charge in [-0.25, -0.2) is 9.18 Å². The number of hydrogen-bond donors (Lipinski definition) is 2. The molecule has 0 bridgehead atoms. The van der Waals surface area contributed by atoms with Gasteiger partial charge in [0.2, 0.25) is 5.91 Å². The molecule has 9 nitrogen and oxygen atoms in total. The second kappa shape index (κ2) is 12.4. The lowest BCUT2D eigenvalue weighted by Gasteiger charge is -2.36. The van der Waals surface area contributed by atoms with Gasteiger partial charge in [-0.05, 0) is 76.1 Å². The molecule has 3 fully saturated rings. The molecule has 3 amide bonds. The normalized spacial score (nSPS) is 22.0. The van der Waals surface area contributed by atoms with E-state index in [9.17, 15) is 19.5 Å². The van der Waals surface area contributed by atoms with Crippen LogP contribution >= 0.6 is 0 Å². The first kappa shape index (κ1) is 29.9. The third-order valence-electron chi connectivity index (χ3n) is 8.17. The molecule has 42 heavy (non-hydrogen) atoms. The predicted molar refractivity (Wildman–Crippen MR) is 155 cm³/mol. The summed E-state index contributed by atoms with van der Waals surface area (Å²) >= 11 is 0. The lowest BCUT2D eigenvalue weighted by atomic mass is 9.94. The number of ether oxygens (including phenoxy) is 1. The van der Waals surface area contributed by atoms with E-state index in [4.69, 9.17) is 4.74 Å². The molecule has 1 saturated heterocycles. The minimum Gasteiger partial charge on any atom is -0.444 e. The van der Waals surface area contributed by atoms with Crippen LogP contribution in [0, 0.1) is 5.82 Å². The third kappa shape index (κ3) is 6.91. The highest BCUT2D eigenvalue weighted by atomic mass is 19.1. The number of benzene rings is 1. The van der Waals surface area contributed by atoms with Crippen molar-refractivity contribution < 1.29 is 28.6 Å². The van der Waals surface area contributed by atoms with E-state index in [0.717, 1.165) is 55.4 Å². The monoisotopic (exact) mass is 580 g/mol. The minimum absolute atomic E-state index is 0.0592. The second-order valence-corrected chi connectivity index (χ2v) is 12.8. The van der Waals surface area contributed by atoms with Crippen molar-refractivity contribution in [3.05, 3.63) is 59.7 Å². The Morgan fingerprint density at radius 1 is 1.12 bits per heavy atom. The molecule has 1 aromatic carbocycles. The van der Waals surface area contributed by atoms with Gasteiger partial charge in [-0.2, -0.15) is 0 Å². The molecular formula is C32H41FN4O5. The zero-order valence-electron chi connectivity index (χ0n) is 24.6. The van der Waals surface area contributed by atoms with Crippen LogP contribution in [0.2, 0.25) is 0 Å². The van der Waals surface area contributed by atoms with Gasteiger partial charge in [-0.15, -0.1) is 0 Å². The molecule has 2 saturated carbocycles. The van der Waals surface area contributed by atoms with Crippen molar-refractivity contribution in [2.24, 2.45) is 0 Å². The van der Waals surface area contributed by atoms with Crippen molar-refractivity contribution in [3.8, 4) is 0 Å². The molecule has 2 heterocycles. The number of carbonyl (C=O) groups excluding carboxylic acids is 3. The maximum Gasteiger partial charge on any atom is 0.411 e.